The zero-order chi connectivity index (χ0) is 26.1. The van der Waals surface area contributed by atoms with Gasteiger partial charge in [0, 0.05) is 42.5 Å². The van der Waals surface area contributed by atoms with Crippen molar-refractivity contribution in [3.8, 4) is 5.88 Å². The summed E-state index contributed by atoms with van der Waals surface area (Å²) in [4.78, 5) is 11.2. The first-order chi connectivity index (χ1) is 17.0. The molecule has 1 saturated heterocycles. The first-order valence-corrected chi connectivity index (χ1v) is 12.7. The van der Waals surface area contributed by atoms with Crippen LogP contribution in [0.15, 0.2) is 60.9 Å². The van der Waals surface area contributed by atoms with Gasteiger partial charge < -0.3 is 19.8 Å². The molecule has 3 aromatic rings. The van der Waals surface area contributed by atoms with Crippen LogP contribution in [0.1, 0.15) is 68.0 Å². The lowest BCUT2D eigenvalue weighted by atomic mass is 9.62. The lowest BCUT2D eigenvalue weighted by Crippen LogP contribution is -2.63. The third kappa shape index (κ3) is 4.90. The number of rotatable bonds is 9. The average molecular weight is 490 g/mol. The summed E-state index contributed by atoms with van der Waals surface area (Å²) in [5, 5.41) is 23.6. The van der Waals surface area contributed by atoms with Crippen molar-refractivity contribution >= 4 is 0 Å². The van der Waals surface area contributed by atoms with E-state index in [4.69, 9.17) is 4.74 Å². The summed E-state index contributed by atoms with van der Waals surface area (Å²) in [5.74, 6) is 0.901. The Morgan fingerprint density at radius 1 is 1.06 bits per heavy atom. The van der Waals surface area contributed by atoms with Crippen molar-refractivity contribution in [1.82, 2.24) is 14.9 Å². The molecule has 1 unspecified atom stereocenters. The first-order valence-electron chi connectivity index (χ1n) is 12.7. The number of aryl methyl sites for hydroxylation is 1. The zero-order valence-electron chi connectivity index (χ0n) is 22.3. The van der Waals surface area contributed by atoms with Crippen molar-refractivity contribution in [3.63, 3.8) is 0 Å². The minimum atomic E-state index is -1.19. The van der Waals surface area contributed by atoms with E-state index in [0.717, 1.165) is 29.8 Å². The van der Waals surface area contributed by atoms with Gasteiger partial charge in [-0.3, -0.25) is 4.98 Å². The van der Waals surface area contributed by atoms with Crippen LogP contribution in [0.2, 0.25) is 0 Å². The van der Waals surface area contributed by atoms with Crippen molar-refractivity contribution in [3.05, 3.63) is 88.9 Å². The summed E-state index contributed by atoms with van der Waals surface area (Å²) in [7, 11) is 3.64. The van der Waals surface area contributed by atoms with Gasteiger partial charge in [0.15, 0.2) is 0 Å². The number of benzene rings is 1. The third-order valence-corrected chi connectivity index (χ3v) is 7.70. The number of pyridine rings is 2. The molecule has 1 aliphatic heterocycles. The topological polar surface area (TPSA) is 78.7 Å². The maximum atomic E-state index is 12.4. The molecule has 3 heterocycles. The Morgan fingerprint density at radius 2 is 1.75 bits per heavy atom. The first kappa shape index (κ1) is 26.3. The third-order valence-electron chi connectivity index (χ3n) is 7.70. The largest absolute Gasteiger partial charge is 0.481 e. The number of nitrogens with zero attached hydrogens (tertiary/aromatic N) is 3. The average Bonchev–Trinajstić information content (AvgIpc) is 2.86. The summed E-state index contributed by atoms with van der Waals surface area (Å²) in [6.07, 6.45) is 4.65. The van der Waals surface area contributed by atoms with Crippen molar-refractivity contribution in [2.24, 2.45) is 5.41 Å². The maximum absolute atomic E-state index is 12.4. The van der Waals surface area contributed by atoms with Gasteiger partial charge in [-0.2, -0.15) is 0 Å². The van der Waals surface area contributed by atoms with E-state index in [1.54, 1.807) is 26.3 Å². The van der Waals surface area contributed by atoms with E-state index < -0.39 is 11.2 Å². The second kappa shape index (κ2) is 9.92. The number of ether oxygens (including phenoxy) is 1. The van der Waals surface area contributed by atoms with Crippen LogP contribution < -0.4 is 4.74 Å². The van der Waals surface area contributed by atoms with Gasteiger partial charge in [-0.1, -0.05) is 51.1 Å². The van der Waals surface area contributed by atoms with Crippen LogP contribution in [0.25, 0.3) is 0 Å². The number of hydrogen-bond donors (Lipinski definition) is 2. The molecule has 0 saturated carbocycles. The molecule has 0 radical (unpaired) electrons. The van der Waals surface area contributed by atoms with Gasteiger partial charge in [0.25, 0.3) is 0 Å². The molecule has 0 aliphatic carbocycles. The fourth-order valence-electron chi connectivity index (χ4n) is 5.51. The van der Waals surface area contributed by atoms with Gasteiger partial charge in [-0.05, 0) is 61.6 Å². The van der Waals surface area contributed by atoms with Gasteiger partial charge in [0.1, 0.15) is 11.2 Å². The molecule has 4 rings (SSSR count). The summed E-state index contributed by atoms with van der Waals surface area (Å²) in [6, 6.07) is 15.8. The van der Waals surface area contributed by atoms with E-state index in [-0.39, 0.29) is 5.41 Å². The Hall–Kier alpha value is -2.80. The van der Waals surface area contributed by atoms with Crippen LogP contribution in [0, 0.1) is 5.41 Å². The monoisotopic (exact) mass is 489 g/mol. The predicted molar refractivity (Wildman–Crippen MR) is 142 cm³/mol. The molecule has 1 aliphatic rings. The molecule has 2 atom stereocenters. The van der Waals surface area contributed by atoms with Gasteiger partial charge >= 0.3 is 0 Å². The highest BCUT2D eigenvalue weighted by molar-refractivity contribution is 5.42. The van der Waals surface area contributed by atoms with Crippen LogP contribution in [0.5, 0.6) is 5.88 Å². The predicted octanol–water partition coefficient (Wildman–Crippen LogP) is 4.64. The number of methoxy groups -OCH3 is 1. The highest BCUT2D eigenvalue weighted by Gasteiger charge is 2.55. The fourth-order valence-corrected chi connectivity index (χ4v) is 5.51. The van der Waals surface area contributed by atoms with Crippen molar-refractivity contribution in [2.75, 3.05) is 27.2 Å². The molecule has 0 spiro atoms. The Bertz CT molecular complexity index is 1190. The van der Waals surface area contributed by atoms with Crippen LogP contribution in [-0.4, -0.2) is 52.3 Å². The molecule has 6 heteroatoms. The van der Waals surface area contributed by atoms with E-state index in [9.17, 15) is 10.2 Å². The molecule has 36 heavy (non-hydrogen) atoms. The molecule has 0 amide bonds. The van der Waals surface area contributed by atoms with Gasteiger partial charge in [-0.15, -0.1) is 0 Å². The lowest BCUT2D eigenvalue weighted by Gasteiger charge is -2.56. The lowest BCUT2D eigenvalue weighted by molar-refractivity contribution is -0.127. The van der Waals surface area contributed by atoms with E-state index >= 15 is 0 Å². The molecule has 6 nitrogen and oxygen atoms in total. The number of hydrogen-bond acceptors (Lipinski definition) is 6. The van der Waals surface area contributed by atoms with Crippen LogP contribution in [-0.2, 0) is 17.6 Å². The molecule has 1 aromatic carbocycles. The summed E-state index contributed by atoms with van der Waals surface area (Å²) >= 11 is 0. The molecular weight excluding hydrogens is 450 g/mol. The minimum Gasteiger partial charge on any atom is -0.481 e. The highest BCUT2D eigenvalue weighted by Crippen LogP contribution is 2.50. The standard InChI is InChI=1S/C30H39N3O3/c1-21(2)23-10-12-24(13-11-23)30(35,28(3)19-33(5)20-28)25-16-22(17-31-18-25)14-15-29(4,34)26-8-7-9-27(32-26)36-6/h7-13,16-18,21,34-35H,14-15,19-20H2,1-6H3/t29?,30-/m0/s1. The van der Waals surface area contributed by atoms with Crippen molar-refractivity contribution in [2.45, 2.75) is 57.7 Å². The fraction of sp³-hybridized carbons (Fsp3) is 0.467. The molecule has 1 fully saturated rings. The molecular formula is C30H39N3O3. The summed E-state index contributed by atoms with van der Waals surface area (Å²) in [5.41, 5.74) is 1.78. The van der Waals surface area contributed by atoms with Crippen LogP contribution >= 0.6 is 0 Å². The Morgan fingerprint density at radius 3 is 2.36 bits per heavy atom. The van der Waals surface area contributed by atoms with E-state index in [0.29, 0.717) is 30.3 Å². The Kier molecular flexibility index (Phi) is 7.24. The SMILES string of the molecule is COc1cccc(C(C)(O)CCc2cncc([C@@](O)(c3ccc(C(C)C)cc3)C3(C)CN(C)C3)c2)n1. The quantitative estimate of drug-likeness (QED) is 0.456. The Labute approximate surface area is 215 Å². The zero-order valence-corrected chi connectivity index (χ0v) is 22.3. The van der Waals surface area contributed by atoms with Gasteiger partial charge in [0.05, 0.1) is 12.8 Å². The number of likely N-dealkylation sites (tertiary alicyclic amines) is 1. The second-order valence-corrected chi connectivity index (χ2v) is 11.1. The van der Waals surface area contributed by atoms with Gasteiger partial charge in [-0.25, -0.2) is 4.98 Å². The van der Waals surface area contributed by atoms with E-state index in [1.807, 2.05) is 24.4 Å². The smallest absolute Gasteiger partial charge is 0.213 e. The van der Waals surface area contributed by atoms with Crippen molar-refractivity contribution < 1.29 is 14.9 Å². The second-order valence-electron chi connectivity index (χ2n) is 11.1. The molecule has 2 N–H and O–H groups in total. The number of aliphatic hydroxyl groups is 2. The maximum Gasteiger partial charge on any atom is 0.213 e. The molecule has 2 aromatic heterocycles. The number of aromatic nitrogens is 2. The highest BCUT2D eigenvalue weighted by atomic mass is 16.5. The van der Waals surface area contributed by atoms with Crippen molar-refractivity contribution in [1.29, 1.82) is 0 Å². The van der Waals surface area contributed by atoms with E-state index in [2.05, 4.69) is 67.0 Å². The Balaban J connectivity index is 1.64. The summed E-state index contributed by atoms with van der Waals surface area (Å²) in [6.45, 7) is 9.84. The summed E-state index contributed by atoms with van der Waals surface area (Å²) < 4.78 is 5.22. The molecule has 0 bridgehead atoms. The normalized spacial score (nSPS) is 18.8. The van der Waals surface area contributed by atoms with E-state index in [1.165, 1.54) is 5.56 Å². The van der Waals surface area contributed by atoms with Gasteiger partial charge in [0.2, 0.25) is 5.88 Å². The van der Waals surface area contributed by atoms with Crippen LogP contribution in [0.3, 0.4) is 0 Å². The minimum absolute atomic E-state index is 0.350. The van der Waals surface area contributed by atoms with Crippen LogP contribution in [0.4, 0.5) is 0 Å². The molecule has 192 valence electrons.